The summed E-state index contributed by atoms with van der Waals surface area (Å²) in [4.78, 5) is 38.5. The molecule has 0 fully saturated rings. The van der Waals surface area contributed by atoms with Crippen LogP contribution in [0.2, 0.25) is 0 Å². The lowest BCUT2D eigenvalue weighted by Gasteiger charge is -2.30. The van der Waals surface area contributed by atoms with E-state index >= 15 is 0 Å². The Hall–Kier alpha value is -2.26. The maximum absolute atomic E-state index is 12.7. The lowest BCUT2D eigenvalue weighted by molar-refractivity contribution is -0.126. The van der Waals surface area contributed by atoms with Crippen LogP contribution in [0.25, 0.3) is 0 Å². The highest BCUT2D eigenvalue weighted by molar-refractivity contribution is 14.1. The second kappa shape index (κ2) is 6.93. The van der Waals surface area contributed by atoms with Crippen LogP contribution in [0.4, 0.5) is 0 Å². The van der Waals surface area contributed by atoms with E-state index in [9.17, 15) is 14.4 Å². The lowest BCUT2D eigenvalue weighted by atomic mass is 10.00. The van der Waals surface area contributed by atoms with Crippen LogP contribution in [0, 0.1) is 3.57 Å². The number of rotatable bonds is 5. The molecule has 128 valence electrons. The zero-order valence-electron chi connectivity index (χ0n) is 13.3. The smallest absolute Gasteiger partial charge is 0.262 e. The molecule has 0 saturated heterocycles. The predicted molar refractivity (Wildman–Crippen MR) is 98.8 cm³/mol. The number of carbonyl (C=O) groups excluding carboxylic acids is 3. The molecule has 25 heavy (non-hydrogen) atoms. The molecule has 1 aliphatic heterocycles. The molecule has 0 spiro atoms. The molecule has 7 heteroatoms. The first kappa shape index (κ1) is 17.6. The maximum Gasteiger partial charge on any atom is 0.262 e. The molecule has 3 rings (SSSR count). The van der Waals surface area contributed by atoms with Gasteiger partial charge in [-0.2, -0.15) is 0 Å². The van der Waals surface area contributed by atoms with Crippen LogP contribution < -0.4 is 5.73 Å². The van der Waals surface area contributed by atoms with Crippen LogP contribution in [0.1, 0.15) is 32.4 Å². The molecule has 2 aromatic carbocycles. The molecule has 0 bridgehead atoms. The Balaban J connectivity index is 2.06. The number of hydrogen-bond acceptors (Lipinski definition) is 4. The number of fused-ring (bicyclic) bond motifs is 1. The van der Waals surface area contributed by atoms with Gasteiger partial charge in [0.1, 0.15) is 12.1 Å². The molecule has 0 radical (unpaired) electrons. The summed E-state index contributed by atoms with van der Waals surface area (Å²) in [6.45, 7) is 0. The Kier molecular flexibility index (Phi) is 4.87. The van der Waals surface area contributed by atoms with Gasteiger partial charge in [0.2, 0.25) is 5.91 Å². The molecule has 2 N–H and O–H groups in total. The minimum atomic E-state index is -1.24. The molecule has 6 nitrogen and oxygen atoms in total. The molecule has 1 heterocycles. The summed E-state index contributed by atoms with van der Waals surface area (Å²) in [7, 11) is 1.42. The molecule has 1 aliphatic rings. The van der Waals surface area contributed by atoms with Crippen molar-refractivity contribution in [3.8, 4) is 0 Å². The minimum Gasteiger partial charge on any atom is -0.374 e. The summed E-state index contributed by atoms with van der Waals surface area (Å²) in [6.07, 6.45) is -0.852. The summed E-state index contributed by atoms with van der Waals surface area (Å²) in [5.74, 6) is -1.89. The van der Waals surface area contributed by atoms with Crippen molar-refractivity contribution in [2.24, 2.45) is 5.73 Å². The van der Waals surface area contributed by atoms with Crippen molar-refractivity contribution in [2.45, 2.75) is 12.1 Å². The number of carbonyl (C=O) groups is 3. The Morgan fingerprint density at radius 3 is 2.16 bits per heavy atom. The van der Waals surface area contributed by atoms with Crippen LogP contribution >= 0.6 is 22.6 Å². The Bertz CT molecular complexity index is 833. The van der Waals surface area contributed by atoms with E-state index in [1.807, 2.05) is 18.2 Å². The second-order valence-electron chi connectivity index (χ2n) is 5.58. The summed E-state index contributed by atoms with van der Waals surface area (Å²) < 4.78 is 6.41. The Morgan fingerprint density at radius 1 is 1.08 bits per heavy atom. The largest absolute Gasteiger partial charge is 0.374 e. The van der Waals surface area contributed by atoms with Gasteiger partial charge in [0.05, 0.1) is 11.1 Å². The number of benzene rings is 2. The second-order valence-corrected chi connectivity index (χ2v) is 6.83. The number of hydrogen-bond donors (Lipinski definition) is 1. The first-order chi connectivity index (χ1) is 12.0. The van der Waals surface area contributed by atoms with E-state index in [-0.39, 0.29) is 11.1 Å². The van der Waals surface area contributed by atoms with Gasteiger partial charge in [-0.25, -0.2) is 0 Å². The SMILES string of the molecule is CO[C@@H](c1cccc(I)c1)C(C(N)=O)N1C(=O)c2ccccc2C1=O. The monoisotopic (exact) mass is 450 g/mol. The van der Waals surface area contributed by atoms with Crippen LogP contribution in [0.15, 0.2) is 48.5 Å². The molecule has 1 unspecified atom stereocenters. The zero-order chi connectivity index (χ0) is 18.1. The van der Waals surface area contributed by atoms with Crippen molar-refractivity contribution >= 4 is 40.3 Å². The van der Waals surface area contributed by atoms with Crippen molar-refractivity contribution in [2.75, 3.05) is 7.11 Å². The van der Waals surface area contributed by atoms with Crippen molar-refractivity contribution < 1.29 is 19.1 Å². The van der Waals surface area contributed by atoms with Crippen LogP contribution in [-0.4, -0.2) is 35.8 Å². The van der Waals surface area contributed by atoms with E-state index in [0.717, 1.165) is 8.47 Å². The van der Waals surface area contributed by atoms with E-state index in [1.54, 1.807) is 30.3 Å². The molecular formula is C18H15IN2O4. The molecule has 3 amide bonds. The fourth-order valence-corrected chi connectivity index (χ4v) is 3.57. The number of nitrogens with zero attached hydrogens (tertiary/aromatic N) is 1. The van der Waals surface area contributed by atoms with Crippen molar-refractivity contribution in [3.05, 3.63) is 68.8 Å². The van der Waals surface area contributed by atoms with Crippen molar-refractivity contribution in [3.63, 3.8) is 0 Å². The van der Waals surface area contributed by atoms with Gasteiger partial charge in [-0.3, -0.25) is 19.3 Å². The minimum absolute atomic E-state index is 0.260. The van der Waals surface area contributed by atoms with Crippen LogP contribution in [-0.2, 0) is 9.53 Å². The van der Waals surface area contributed by atoms with Gasteiger partial charge in [-0.1, -0.05) is 24.3 Å². The zero-order valence-corrected chi connectivity index (χ0v) is 15.5. The molecule has 2 atom stereocenters. The van der Waals surface area contributed by atoms with E-state index in [1.165, 1.54) is 7.11 Å². The number of primary amides is 1. The normalized spacial score (nSPS) is 15.8. The fourth-order valence-electron chi connectivity index (χ4n) is 3.00. The van der Waals surface area contributed by atoms with E-state index < -0.39 is 29.9 Å². The Morgan fingerprint density at radius 2 is 1.68 bits per heavy atom. The Labute approximate surface area is 158 Å². The number of imide groups is 1. The number of halogens is 1. The van der Waals surface area contributed by atoms with E-state index in [4.69, 9.17) is 10.5 Å². The van der Waals surface area contributed by atoms with Crippen molar-refractivity contribution in [1.29, 1.82) is 0 Å². The first-order valence-electron chi connectivity index (χ1n) is 7.50. The molecule has 0 saturated carbocycles. The standard InChI is InChI=1S/C18H15IN2O4/c1-25-15(10-5-4-6-11(19)9-10)14(16(20)22)21-17(23)12-7-2-3-8-13(12)18(21)24/h2-9,14-15H,1H3,(H2,20,22)/t14?,15-/m0/s1. The topological polar surface area (TPSA) is 89.7 Å². The quantitative estimate of drug-likeness (QED) is 0.559. The number of ether oxygens (including phenoxy) is 1. The summed E-state index contributed by atoms with van der Waals surface area (Å²) in [5, 5.41) is 0. The summed E-state index contributed by atoms with van der Waals surface area (Å²) in [5.41, 5.74) is 6.74. The number of methoxy groups -OCH3 is 1. The number of nitrogens with two attached hydrogens (primary N) is 1. The highest BCUT2D eigenvalue weighted by Crippen LogP contribution is 2.32. The summed E-state index contributed by atoms with van der Waals surface area (Å²) in [6, 6.07) is 12.5. The molecule has 0 aromatic heterocycles. The van der Waals surface area contributed by atoms with Gasteiger partial charge < -0.3 is 10.5 Å². The van der Waals surface area contributed by atoms with Crippen molar-refractivity contribution in [1.82, 2.24) is 4.90 Å². The van der Waals surface area contributed by atoms with E-state index in [2.05, 4.69) is 22.6 Å². The van der Waals surface area contributed by atoms with Crippen LogP contribution in [0.3, 0.4) is 0 Å². The van der Waals surface area contributed by atoms with Gasteiger partial charge >= 0.3 is 0 Å². The third-order valence-electron chi connectivity index (χ3n) is 4.11. The van der Waals surface area contributed by atoms with Crippen LogP contribution in [0.5, 0.6) is 0 Å². The van der Waals surface area contributed by atoms with Gasteiger partial charge in [0.15, 0.2) is 0 Å². The third kappa shape index (κ3) is 3.05. The average Bonchev–Trinajstić information content (AvgIpc) is 2.84. The molecular weight excluding hydrogens is 435 g/mol. The highest BCUT2D eigenvalue weighted by atomic mass is 127. The molecule has 0 aliphatic carbocycles. The van der Waals surface area contributed by atoms with Gasteiger partial charge in [0, 0.05) is 10.7 Å². The van der Waals surface area contributed by atoms with E-state index in [0.29, 0.717) is 5.56 Å². The maximum atomic E-state index is 12.7. The first-order valence-corrected chi connectivity index (χ1v) is 8.58. The van der Waals surface area contributed by atoms with Gasteiger partial charge in [-0.05, 0) is 52.4 Å². The van der Waals surface area contributed by atoms with Gasteiger partial charge in [-0.15, -0.1) is 0 Å². The van der Waals surface area contributed by atoms with Gasteiger partial charge in [0.25, 0.3) is 11.8 Å². The lowest BCUT2D eigenvalue weighted by Crippen LogP contribution is -2.51. The highest BCUT2D eigenvalue weighted by Gasteiger charge is 2.46. The fraction of sp³-hybridized carbons (Fsp3) is 0.167. The number of amides is 3. The third-order valence-corrected chi connectivity index (χ3v) is 4.78. The summed E-state index contributed by atoms with van der Waals surface area (Å²) >= 11 is 2.13. The predicted octanol–water partition coefficient (Wildman–Crippen LogP) is 2.13. The average molecular weight is 450 g/mol. The molecule has 2 aromatic rings.